The molecule has 6 heteroatoms. The zero-order chi connectivity index (χ0) is 14.1. The summed E-state index contributed by atoms with van der Waals surface area (Å²) < 4.78 is 0. The standard InChI is InChI=1S/C15H11N5S/c1-2-4-10(5-3-1)13-6-12-14(16-9-17-15(12)21-13)20-11-7-18-19-8-11/h1-9H,(H,18,19)(H,16,17,20). The molecule has 4 rings (SSSR count). The van der Waals surface area contributed by atoms with Crippen LogP contribution < -0.4 is 5.32 Å². The van der Waals surface area contributed by atoms with Gasteiger partial charge >= 0.3 is 0 Å². The zero-order valence-electron chi connectivity index (χ0n) is 10.9. The molecule has 102 valence electrons. The number of nitrogens with zero attached hydrogens (tertiary/aromatic N) is 3. The molecule has 0 spiro atoms. The van der Waals surface area contributed by atoms with Crippen molar-refractivity contribution < 1.29 is 0 Å². The van der Waals surface area contributed by atoms with Gasteiger partial charge in [-0.1, -0.05) is 30.3 Å². The smallest absolute Gasteiger partial charge is 0.142 e. The number of benzene rings is 1. The van der Waals surface area contributed by atoms with Crippen LogP contribution in [0.1, 0.15) is 0 Å². The summed E-state index contributed by atoms with van der Waals surface area (Å²) in [5.74, 6) is 0.792. The highest BCUT2D eigenvalue weighted by Gasteiger charge is 2.10. The number of thiophene rings is 1. The van der Waals surface area contributed by atoms with Crippen LogP contribution in [-0.4, -0.2) is 20.2 Å². The van der Waals surface area contributed by atoms with Crippen molar-refractivity contribution in [2.24, 2.45) is 0 Å². The topological polar surface area (TPSA) is 66.5 Å². The second kappa shape index (κ2) is 4.99. The number of anilines is 2. The molecule has 0 radical (unpaired) electrons. The highest BCUT2D eigenvalue weighted by Crippen LogP contribution is 2.35. The lowest BCUT2D eigenvalue weighted by Gasteiger charge is -2.02. The number of hydrogen-bond donors (Lipinski definition) is 2. The first kappa shape index (κ1) is 12.0. The van der Waals surface area contributed by atoms with Crippen molar-refractivity contribution in [2.75, 3.05) is 5.32 Å². The van der Waals surface area contributed by atoms with Gasteiger partial charge < -0.3 is 5.32 Å². The van der Waals surface area contributed by atoms with Crippen LogP contribution in [-0.2, 0) is 0 Å². The lowest BCUT2D eigenvalue weighted by molar-refractivity contribution is 1.09. The molecular formula is C15H11N5S. The highest BCUT2D eigenvalue weighted by atomic mass is 32.1. The summed E-state index contributed by atoms with van der Waals surface area (Å²) in [6, 6.07) is 12.4. The van der Waals surface area contributed by atoms with Crippen LogP contribution in [0.5, 0.6) is 0 Å². The fraction of sp³-hybridized carbons (Fsp3) is 0. The van der Waals surface area contributed by atoms with Crippen LogP contribution >= 0.6 is 11.3 Å². The van der Waals surface area contributed by atoms with E-state index in [0.29, 0.717) is 0 Å². The zero-order valence-corrected chi connectivity index (χ0v) is 11.8. The van der Waals surface area contributed by atoms with Crippen LogP contribution in [0.3, 0.4) is 0 Å². The van der Waals surface area contributed by atoms with Gasteiger partial charge in [0, 0.05) is 11.1 Å². The Balaban J connectivity index is 1.81. The van der Waals surface area contributed by atoms with E-state index in [1.165, 1.54) is 10.4 Å². The van der Waals surface area contributed by atoms with Crippen LogP contribution in [0.4, 0.5) is 11.5 Å². The molecule has 3 heterocycles. The fourth-order valence-electron chi connectivity index (χ4n) is 2.16. The van der Waals surface area contributed by atoms with E-state index >= 15 is 0 Å². The molecule has 3 aromatic heterocycles. The van der Waals surface area contributed by atoms with Crippen molar-refractivity contribution >= 4 is 33.1 Å². The van der Waals surface area contributed by atoms with Gasteiger partial charge in [-0.15, -0.1) is 11.3 Å². The Hall–Kier alpha value is -2.73. The first-order chi connectivity index (χ1) is 10.4. The molecule has 5 nitrogen and oxygen atoms in total. The molecule has 0 atom stereocenters. The molecule has 0 unspecified atom stereocenters. The molecular weight excluding hydrogens is 282 g/mol. The Morgan fingerprint density at radius 2 is 2.00 bits per heavy atom. The summed E-state index contributed by atoms with van der Waals surface area (Å²) in [4.78, 5) is 10.8. The maximum Gasteiger partial charge on any atom is 0.142 e. The van der Waals surface area contributed by atoms with Gasteiger partial charge in [-0.3, -0.25) is 5.10 Å². The minimum atomic E-state index is 0.792. The van der Waals surface area contributed by atoms with Crippen molar-refractivity contribution in [3.63, 3.8) is 0 Å². The molecule has 21 heavy (non-hydrogen) atoms. The summed E-state index contributed by atoms with van der Waals surface area (Å²) in [6.45, 7) is 0. The molecule has 4 aromatic rings. The Morgan fingerprint density at radius 3 is 2.81 bits per heavy atom. The number of aromatic amines is 1. The van der Waals surface area contributed by atoms with E-state index in [9.17, 15) is 0 Å². The third kappa shape index (κ3) is 2.25. The Kier molecular flexibility index (Phi) is 2.86. The molecule has 2 N–H and O–H groups in total. The van der Waals surface area contributed by atoms with Crippen molar-refractivity contribution in [1.82, 2.24) is 20.2 Å². The number of fused-ring (bicyclic) bond motifs is 1. The van der Waals surface area contributed by atoms with Crippen molar-refractivity contribution in [3.8, 4) is 10.4 Å². The molecule has 0 fully saturated rings. The predicted octanol–water partition coefficient (Wildman–Crippen LogP) is 3.83. The maximum atomic E-state index is 4.36. The second-order valence-corrected chi connectivity index (χ2v) is 5.56. The number of rotatable bonds is 3. The van der Waals surface area contributed by atoms with Gasteiger partial charge in [-0.25, -0.2) is 9.97 Å². The number of hydrogen-bond acceptors (Lipinski definition) is 5. The highest BCUT2D eigenvalue weighted by molar-refractivity contribution is 7.21. The van der Waals surface area contributed by atoms with E-state index in [1.54, 1.807) is 30.1 Å². The van der Waals surface area contributed by atoms with E-state index in [4.69, 9.17) is 0 Å². The molecule has 0 bridgehead atoms. The van der Waals surface area contributed by atoms with Crippen molar-refractivity contribution in [2.45, 2.75) is 0 Å². The average Bonchev–Trinajstić information content (AvgIpc) is 3.17. The van der Waals surface area contributed by atoms with Gasteiger partial charge in [0.2, 0.25) is 0 Å². The normalized spacial score (nSPS) is 10.9. The van der Waals surface area contributed by atoms with Crippen molar-refractivity contribution in [1.29, 1.82) is 0 Å². The molecule has 0 amide bonds. The van der Waals surface area contributed by atoms with Gasteiger partial charge in [0.1, 0.15) is 17.0 Å². The summed E-state index contributed by atoms with van der Waals surface area (Å²) in [5.41, 5.74) is 2.07. The number of aromatic nitrogens is 4. The maximum absolute atomic E-state index is 4.36. The monoisotopic (exact) mass is 293 g/mol. The van der Waals surface area contributed by atoms with Gasteiger partial charge in [0.15, 0.2) is 0 Å². The van der Waals surface area contributed by atoms with Gasteiger partial charge in [0.05, 0.1) is 17.3 Å². The van der Waals surface area contributed by atoms with Gasteiger partial charge in [0.25, 0.3) is 0 Å². The van der Waals surface area contributed by atoms with E-state index in [-0.39, 0.29) is 0 Å². The fourth-order valence-corrected chi connectivity index (χ4v) is 3.16. The molecule has 1 aromatic carbocycles. The third-order valence-electron chi connectivity index (χ3n) is 3.15. The first-order valence-corrected chi connectivity index (χ1v) is 7.27. The summed E-state index contributed by atoms with van der Waals surface area (Å²) in [6.07, 6.45) is 5.09. The summed E-state index contributed by atoms with van der Waals surface area (Å²) in [5, 5.41) is 11.0. The van der Waals surface area contributed by atoms with Crippen LogP contribution in [0.25, 0.3) is 20.7 Å². The molecule has 0 saturated heterocycles. The third-order valence-corrected chi connectivity index (χ3v) is 4.24. The number of nitrogens with one attached hydrogen (secondary N) is 2. The van der Waals surface area contributed by atoms with E-state index in [2.05, 4.69) is 43.7 Å². The first-order valence-electron chi connectivity index (χ1n) is 6.46. The molecule has 0 saturated carbocycles. The minimum Gasteiger partial charge on any atom is -0.337 e. The van der Waals surface area contributed by atoms with Crippen molar-refractivity contribution in [3.05, 3.63) is 55.1 Å². The molecule has 0 aliphatic heterocycles. The molecule has 0 aliphatic rings. The largest absolute Gasteiger partial charge is 0.337 e. The van der Waals surface area contributed by atoms with E-state index in [0.717, 1.165) is 21.7 Å². The van der Waals surface area contributed by atoms with Gasteiger partial charge in [-0.2, -0.15) is 5.10 Å². The Bertz CT molecular complexity index is 868. The van der Waals surface area contributed by atoms with Gasteiger partial charge in [-0.05, 0) is 11.6 Å². The van der Waals surface area contributed by atoms with E-state index < -0.39 is 0 Å². The van der Waals surface area contributed by atoms with Crippen LogP contribution in [0.15, 0.2) is 55.1 Å². The molecule has 0 aliphatic carbocycles. The quantitative estimate of drug-likeness (QED) is 0.602. The SMILES string of the molecule is c1ccc(-c2cc3c(Nc4cn[nH]c4)ncnc3s2)cc1. The Labute approximate surface area is 124 Å². The summed E-state index contributed by atoms with van der Waals surface area (Å²) in [7, 11) is 0. The number of H-pyrrole nitrogens is 1. The van der Waals surface area contributed by atoms with Crippen LogP contribution in [0, 0.1) is 0 Å². The van der Waals surface area contributed by atoms with E-state index in [1.807, 2.05) is 18.2 Å². The second-order valence-electron chi connectivity index (χ2n) is 4.53. The average molecular weight is 293 g/mol. The lowest BCUT2D eigenvalue weighted by atomic mass is 10.2. The predicted molar refractivity (Wildman–Crippen MR) is 84.7 cm³/mol. The lowest BCUT2D eigenvalue weighted by Crippen LogP contribution is -1.92. The minimum absolute atomic E-state index is 0.792. The Morgan fingerprint density at radius 1 is 1.10 bits per heavy atom. The summed E-state index contributed by atoms with van der Waals surface area (Å²) >= 11 is 1.66. The van der Waals surface area contributed by atoms with Crippen LogP contribution in [0.2, 0.25) is 0 Å².